The zero-order valence-corrected chi connectivity index (χ0v) is 21.5. The number of rotatable bonds is 7. The summed E-state index contributed by atoms with van der Waals surface area (Å²) in [6, 6.07) is 10.0. The Balaban J connectivity index is 1.31. The third kappa shape index (κ3) is 5.57. The van der Waals surface area contributed by atoms with Crippen LogP contribution in [0, 0.1) is 0 Å². The van der Waals surface area contributed by atoms with Crippen LogP contribution >= 0.6 is 0 Å². The normalized spacial score (nSPS) is 33.3. The van der Waals surface area contributed by atoms with Crippen LogP contribution in [-0.2, 0) is 14.3 Å². The second-order valence-corrected chi connectivity index (χ2v) is 9.83. The summed E-state index contributed by atoms with van der Waals surface area (Å²) in [6.45, 7) is -0.623. The molecule has 2 aliphatic heterocycles. The highest BCUT2D eigenvalue weighted by molar-refractivity contribution is 5.82. The van der Waals surface area contributed by atoms with Crippen LogP contribution < -0.4 is 14.9 Å². The number of aliphatic hydroxyl groups excluding tert-OH is 7. The number of aliphatic hydroxyl groups is 7. The number of carboxylic acid groups (broad SMARTS) is 1. The third-order valence-electron chi connectivity index (χ3n) is 7.08. The molecule has 0 radical (unpaired) electrons. The van der Waals surface area contributed by atoms with E-state index in [9.17, 15) is 50.4 Å². The fourth-order valence-corrected chi connectivity index (χ4v) is 4.68. The van der Waals surface area contributed by atoms with Crippen LogP contribution in [0.5, 0.6) is 11.5 Å². The average molecular weight is 593 g/mol. The smallest absolute Gasteiger partial charge is 0.335 e. The summed E-state index contributed by atoms with van der Waals surface area (Å²) in [5.74, 6) is -1.33. The number of fused-ring (bicyclic) bond motifs is 1. The minimum Gasteiger partial charge on any atom is -0.479 e. The quantitative estimate of drug-likeness (QED) is 0.147. The second kappa shape index (κ2) is 11.9. The van der Waals surface area contributed by atoms with Crippen molar-refractivity contribution in [2.75, 3.05) is 6.61 Å². The Bertz CT molecular complexity index is 1470. The number of carbonyl (C=O) groups is 1. The molecule has 0 saturated carbocycles. The van der Waals surface area contributed by atoms with E-state index in [1.54, 1.807) is 0 Å². The summed E-state index contributed by atoms with van der Waals surface area (Å²) in [6.07, 6.45) is -15.0. The fraction of sp³-hybridized carbons (Fsp3) is 0.407. The zero-order chi connectivity index (χ0) is 30.3. The molecule has 10 atom stereocenters. The number of ether oxygens (including phenoxy) is 4. The second-order valence-electron chi connectivity index (χ2n) is 9.83. The molecule has 0 aliphatic carbocycles. The molecule has 0 amide bonds. The van der Waals surface area contributed by atoms with Crippen molar-refractivity contribution < 1.29 is 69.0 Å². The highest BCUT2D eigenvalue weighted by Gasteiger charge is 2.48. The lowest BCUT2D eigenvalue weighted by Crippen LogP contribution is -2.61. The van der Waals surface area contributed by atoms with Gasteiger partial charge in [-0.3, -0.25) is 4.79 Å². The number of aliphatic carboxylic acids is 1. The van der Waals surface area contributed by atoms with Gasteiger partial charge in [-0.15, -0.1) is 0 Å². The van der Waals surface area contributed by atoms with Crippen molar-refractivity contribution in [3.63, 3.8) is 0 Å². The Hall–Kier alpha value is -3.64. The minimum absolute atomic E-state index is 0.107. The zero-order valence-electron chi connectivity index (χ0n) is 21.5. The summed E-state index contributed by atoms with van der Waals surface area (Å²) >= 11 is 0. The van der Waals surface area contributed by atoms with Gasteiger partial charge in [0, 0.05) is 6.07 Å². The number of hydrogen-bond donors (Lipinski definition) is 8. The summed E-state index contributed by atoms with van der Waals surface area (Å²) in [7, 11) is 0. The van der Waals surface area contributed by atoms with Gasteiger partial charge in [0.25, 0.3) is 0 Å². The molecule has 2 fully saturated rings. The van der Waals surface area contributed by atoms with E-state index in [-0.39, 0.29) is 28.0 Å². The standard InChI is InChI=1S/C27H28O15/c28-8-16-18(30)19(31)22(34)26(41-16)40-12-5-6-13-15(7-12)38-9-14(17(13)29)10-1-3-11(4-2-10)39-27-23(35)20(32)21(33)24(42-27)25(36)37/h1-7,9,16,18-24,26-28,30-35H,8H2,(H,36,37)/t16-,18-,19+,20+,21+,22-,23-,24+,26-,27-/m1/s1. The SMILES string of the molecule is O=C(O)[C@H]1O[C@@H](Oc2ccc(-c3coc4cc(O[C@@H]5O[C@H](CO)[C@@H](O)[C@H](O)[C@H]5O)ccc4c3=O)cc2)[C@H](O)[C@@H](O)[C@@H]1O. The van der Waals surface area contributed by atoms with Crippen LogP contribution in [0.4, 0.5) is 0 Å². The van der Waals surface area contributed by atoms with E-state index in [2.05, 4.69) is 0 Å². The highest BCUT2D eigenvalue weighted by atomic mass is 16.7. The maximum Gasteiger partial charge on any atom is 0.335 e. The third-order valence-corrected chi connectivity index (χ3v) is 7.08. The van der Waals surface area contributed by atoms with E-state index >= 15 is 0 Å². The van der Waals surface area contributed by atoms with Gasteiger partial charge in [-0.25, -0.2) is 4.79 Å². The van der Waals surface area contributed by atoms with E-state index in [0.29, 0.717) is 5.56 Å². The van der Waals surface area contributed by atoms with Crippen molar-refractivity contribution in [3.8, 4) is 22.6 Å². The molecule has 8 N–H and O–H groups in total. The van der Waals surface area contributed by atoms with Crippen molar-refractivity contribution in [1.29, 1.82) is 0 Å². The van der Waals surface area contributed by atoms with Crippen LogP contribution in [0.15, 0.2) is 57.9 Å². The Kier molecular flexibility index (Phi) is 8.47. The largest absolute Gasteiger partial charge is 0.479 e. The Morgan fingerprint density at radius 2 is 1.36 bits per heavy atom. The molecule has 15 nitrogen and oxygen atoms in total. The van der Waals surface area contributed by atoms with Gasteiger partial charge in [0.2, 0.25) is 12.6 Å². The van der Waals surface area contributed by atoms with Gasteiger partial charge >= 0.3 is 5.97 Å². The van der Waals surface area contributed by atoms with Crippen molar-refractivity contribution >= 4 is 16.9 Å². The van der Waals surface area contributed by atoms with E-state index in [0.717, 1.165) is 0 Å². The lowest BCUT2D eigenvalue weighted by atomic mass is 9.99. The summed E-state index contributed by atoms with van der Waals surface area (Å²) in [5, 5.41) is 78.7. The molecule has 5 rings (SSSR count). The Labute approximate surface area is 235 Å². The van der Waals surface area contributed by atoms with E-state index < -0.39 is 79.4 Å². The molecule has 3 aromatic rings. The molecule has 3 heterocycles. The number of carboxylic acids is 1. The first-order chi connectivity index (χ1) is 20.0. The molecule has 0 spiro atoms. The van der Waals surface area contributed by atoms with Crippen LogP contribution in [0.3, 0.4) is 0 Å². The number of hydrogen-bond acceptors (Lipinski definition) is 14. The van der Waals surface area contributed by atoms with Crippen LogP contribution in [-0.4, -0.2) is 115 Å². The van der Waals surface area contributed by atoms with Gasteiger partial charge in [0.15, 0.2) is 11.5 Å². The summed E-state index contributed by atoms with van der Waals surface area (Å²) in [4.78, 5) is 24.5. The molecule has 1 aromatic heterocycles. The van der Waals surface area contributed by atoms with Crippen LogP contribution in [0.2, 0.25) is 0 Å². The molecule has 42 heavy (non-hydrogen) atoms. The van der Waals surface area contributed by atoms with E-state index in [4.69, 9.17) is 23.4 Å². The highest BCUT2D eigenvalue weighted by Crippen LogP contribution is 2.29. The van der Waals surface area contributed by atoms with Gasteiger partial charge in [-0.1, -0.05) is 12.1 Å². The molecule has 2 aromatic carbocycles. The van der Waals surface area contributed by atoms with Gasteiger partial charge in [0.1, 0.15) is 66.1 Å². The molecule has 2 aliphatic rings. The molecular weight excluding hydrogens is 564 g/mol. The predicted molar refractivity (Wildman–Crippen MR) is 137 cm³/mol. The first-order valence-electron chi connectivity index (χ1n) is 12.7. The first-order valence-corrected chi connectivity index (χ1v) is 12.7. The topological polar surface area (TPSA) is 246 Å². The lowest BCUT2D eigenvalue weighted by molar-refractivity contribution is -0.277. The van der Waals surface area contributed by atoms with Crippen molar-refractivity contribution in [3.05, 3.63) is 59.0 Å². The maximum atomic E-state index is 13.2. The van der Waals surface area contributed by atoms with E-state index in [1.807, 2.05) is 0 Å². The van der Waals surface area contributed by atoms with Crippen molar-refractivity contribution in [2.45, 2.75) is 61.4 Å². The number of benzene rings is 2. The van der Waals surface area contributed by atoms with Crippen LogP contribution in [0.1, 0.15) is 0 Å². The van der Waals surface area contributed by atoms with E-state index in [1.165, 1.54) is 48.7 Å². The fourth-order valence-electron chi connectivity index (χ4n) is 4.68. The van der Waals surface area contributed by atoms with Crippen LogP contribution in [0.25, 0.3) is 22.1 Å². The molecule has 15 heteroatoms. The van der Waals surface area contributed by atoms with Gasteiger partial charge in [-0.05, 0) is 29.8 Å². The molecule has 226 valence electrons. The summed E-state index contributed by atoms with van der Waals surface area (Å²) < 4.78 is 27.1. The maximum absolute atomic E-state index is 13.2. The molecule has 2 saturated heterocycles. The first kappa shape index (κ1) is 29.8. The lowest BCUT2D eigenvalue weighted by Gasteiger charge is -2.39. The van der Waals surface area contributed by atoms with Gasteiger partial charge < -0.3 is 64.2 Å². The monoisotopic (exact) mass is 592 g/mol. The predicted octanol–water partition coefficient (Wildman–Crippen LogP) is -2.09. The summed E-state index contributed by atoms with van der Waals surface area (Å²) in [5.41, 5.74) is 0.318. The molecule has 0 unspecified atom stereocenters. The van der Waals surface area contributed by atoms with Gasteiger partial charge in [0.05, 0.1) is 17.6 Å². The average Bonchev–Trinajstić information content (AvgIpc) is 2.98. The van der Waals surface area contributed by atoms with Crippen molar-refractivity contribution in [1.82, 2.24) is 0 Å². The molecule has 0 bridgehead atoms. The van der Waals surface area contributed by atoms with Gasteiger partial charge in [-0.2, -0.15) is 0 Å². The molecular formula is C27H28O15. The van der Waals surface area contributed by atoms with Crippen molar-refractivity contribution in [2.24, 2.45) is 0 Å². The minimum atomic E-state index is -1.86. The Morgan fingerprint density at radius 3 is 2.00 bits per heavy atom. The Morgan fingerprint density at radius 1 is 0.762 bits per heavy atom.